The molecule has 136 valence electrons. The normalized spacial score (nSPS) is 10.2. The number of amides is 1. The van der Waals surface area contributed by atoms with Crippen molar-refractivity contribution < 1.29 is 14.3 Å². The lowest BCUT2D eigenvalue weighted by Crippen LogP contribution is -2.25. The molecule has 1 N–H and O–H groups in total. The van der Waals surface area contributed by atoms with Crippen LogP contribution in [0.4, 0.5) is 4.79 Å². The van der Waals surface area contributed by atoms with Crippen LogP contribution in [0.5, 0.6) is 0 Å². The molecule has 0 unspecified atom stereocenters. The molecule has 0 saturated heterocycles. The van der Waals surface area contributed by atoms with Crippen molar-refractivity contribution in [2.24, 2.45) is 0 Å². The monoisotopic (exact) mass is 360 g/mol. The van der Waals surface area contributed by atoms with Crippen molar-refractivity contribution in [3.05, 3.63) is 101 Å². The first-order valence-electron chi connectivity index (χ1n) is 8.68. The quantitative estimate of drug-likeness (QED) is 0.648. The molecular weight excluding hydrogens is 340 g/mol. The molecule has 0 saturated carbocycles. The Morgan fingerprint density at radius 1 is 0.852 bits per heavy atom. The van der Waals surface area contributed by atoms with Gasteiger partial charge in [0.05, 0.1) is 12.2 Å². The number of ether oxygens (including phenoxy) is 1. The third-order valence-electron chi connectivity index (χ3n) is 4.01. The minimum Gasteiger partial charge on any atom is -0.445 e. The summed E-state index contributed by atoms with van der Waals surface area (Å²) in [5.41, 5.74) is 2.87. The second-order valence-electron chi connectivity index (χ2n) is 6.00. The third-order valence-corrected chi connectivity index (χ3v) is 4.01. The molecule has 2 aromatic carbocycles. The Morgan fingerprint density at radius 3 is 2.22 bits per heavy atom. The molecule has 0 aliphatic carbocycles. The number of hydrogen-bond acceptors (Lipinski definition) is 4. The van der Waals surface area contributed by atoms with Gasteiger partial charge in [-0.25, -0.2) is 4.79 Å². The van der Waals surface area contributed by atoms with E-state index in [0.717, 1.165) is 11.1 Å². The van der Waals surface area contributed by atoms with Gasteiger partial charge in [0.2, 0.25) is 0 Å². The van der Waals surface area contributed by atoms with Gasteiger partial charge in [0.15, 0.2) is 5.78 Å². The molecule has 0 atom stereocenters. The van der Waals surface area contributed by atoms with Crippen molar-refractivity contribution in [3.8, 4) is 0 Å². The highest BCUT2D eigenvalue weighted by molar-refractivity contribution is 5.98. The molecule has 5 heteroatoms. The van der Waals surface area contributed by atoms with Crippen LogP contribution in [-0.4, -0.2) is 16.9 Å². The summed E-state index contributed by atoms with van der Waals surface area (Å²) in [6.45, 7) is 0.318. The van der Waals surface area contributed by atoms with Crippen LogP contribution in [0.3, 0.4) is 0 Å². The maximum atomic E-state index is 12.6. The van der Waals surface area contributed by atoms with Crippen LogP contribution in [0.2, 0.25) is 0 Å². The summed E-state index contributed by atoms with van der Waals surface area (Å²) in [6, 6.07) is 22.4. The highest BCUT2D eigenvalue weighted by Gasteiger charge is 2.14. The summed E-state index contributed by atoms with van der Waals surface area (Å²) in [5.74, 6) is -0.0382. The first kappa shape index (κ1) is 18.3. The highest BCUT2D eigenvalue weighted by Crippen LogP contribution is 2.11. The molecule has 5 nitrogen and oxygen atoms in total. The van der Waals surface area contributed by atoms with E-state index in [9.17, 15) is 9.59 Å². The van der Waals surface area contributed by atoms with E-state index in [-0.39, 0.29) is 25.4 Å². The summed E-state index contributed by atoms with van der Waals surface area (Å²) in [5, 5.41) is 2.65. The number of benzene rings is 2. The third kappa shape index (κ3) is 5.51. The number of pyridine rings is 1. The van der Waals surface area contributed by atoms with Gasteiger partial charge in [-0.1, -0.05) is 60.7 Å². The Kier molecular flexibility index (Phi) is 6.30. The molecule has 3 rings (SSSR count). The molecule has 0 aliphatic rings. The summed E-state index contributed by atoms with van der Waals surface area (Å²) in [4.78, 5) is 28.8. The summed E-state index contributed by atoms with van der Waals surface area (Å²) in [7, 11) is 0. The van der Waals surface area contributed by atoms with Crippen LogP contribution in [0.1, 0.15) is 27.2 Å². The first-order chi connectivity index (χ1) is 13.2. The number of carbonyl (C=O) groups is 2. The average Bonchev–Trinajstić information content (AvgIpc) is 2.72. The standard InChI is InChI=1S/C22H20N2O3/c25-21(14-17-8-3-1-4-9-17)19-12-7-13-23-20(19)15-24-22(26)27-16-18-10-5-2-6-11-18/h1-13H,14-16H2,(H,24,26). The average molecular weight is 360 g/mol. The topological polar surface area (TPSA) is 68.3 Å². The molecule has 0 radical (unpaired) electrons. The van der Waals surface area contributed by atoms with Gasteiger partial charge in [-0.3, -0.25) is 9.78 Å². The van der Waals surface area contributed by atoms with E-state index in [1.165, 1.54) is 0 Å². The molecule has 27 heavy (non-hydrogen) atoms. The number of nitrogens with zero attached hydrogens (tertiary/aromatic N) is 1. The summed E-state index contributed by atoms with van der Waals surface area (Å²) in [6.07, 6.45) is 1.34. The fourth-order valence-electron chi connectivity index (χ4n) is 2.64. The number of aromatic nitrogens is 1. The maximum Gasteiger partial charge on any atom is 0.407 e. The summed E-state index contributed by atoms with van der Waals surface area (Å²) < 4.78 is 5.18. The Morgan fingerprint density at radius 2 is 1.52 bits per heavy atom. The van der Waals surface area contributed by atoms with Gasteiger partial charge in [-0.15, -0.1) is 0 Å². The van der Waals surface area contributed by atoms with Crippen LogP contribution in [0, 0.1) is 0 Å². The van der Waals surface area contributed by atoms with E-state index in [4.69, 9.17) is 4.74 Å². The molecule has 3 aromatic rings. The minimum absolute atomic E-state index is 0.0382. The van der Waals surface area contributed by atoms with E-state index >= 15 is 0 Å². The zero-order valence-electron chi connectivity index (χ0n) is 14.8. The van der Waals surface area contributed by atoms with Crippen molar-refractivity contribution in [1.82, 2.24) is 10.3 Å². The SMILES string of the molecule is O=C(NCc1ncccc1C(=O)Cc1ccccc1)OCc1ccccc1. The van der Waals surface area contributed by atoms with E-state index in [2.05, 4.69) is 10.3 Å². The van der Waals surface area contributed by atoms with Crippen LogP contribution in [0.25, 0.3) is 0 Å². The zero-order valence-corrected chi connectivity index (χ0v) is 14.8. The van der Waals surface area contributed by atoms with Gasteiger partial charge in [0, 0.05) is 18.2 Å². The molecule has 1 aromatic heterocycles. The zero-order chi connectivity index (χ0) is 18.9. The molecule has 0 spiro atoms. The second-order valence-corrected chi connectivity index (χ2v) is 6.00. The Hall–Kier alpha value is -3.47. The molecule has 0 fully saturated rings. The van der Waals surface area contributed by atoms with Gasteiger partial charge in [-0.2, -0.15) is 0 Å². The van der Waals surface area contributed by atoms with Crippen molar-refractivity contribution in [3.63, 3.8) is 0 Å². The van der Waals surface area contributed by atoms with Gasteiger partial charge >= 0.3 is 6.09 Å². The lowest BCUT2D eigenvalue weighted by molar-refractivity contribution is 0.0990. The van der Waals surface area contributed by atoms with E-state index < -0.39 is 6.09 Å². The van der Waals surface area contributed by atoms with Crippen molar-refractivity contribution in [2.75, 3.05) is 0 Å². The molecule has 1 amide bonds. The predicted molar refractivity (Wildman–Crippen MR) is 102 cm³/mol. The molecular formula is C22H20N2O3. The van der Waals surface area contributed by atoms with Gasteiger partial charge in [0.1, 0.15) is 6.61 Å². The van der Waals surface area contributed by atoms with E-state index in [1.807, 2.05) is 60.7 Å². The fourth-order valence-corrected chi connectivity index (χ4v) is 2.64. The van der Waals surface area contributed by atoms with Crippen LogP contribution >= 0.6 is 0 Å². The van der Waals surface area contributed by atoms with Crippen molar-refractivity contribution >= 4 is 11.9 Å². The van der Waals surface area contributed by atoms with Crippen molar-refractivity contribution in [2.45, 2.75) is 19.6 Å². The highest BCUT2D eigenvalue weighted by atomic mass is 16.5. The second kappa shape index (κ2) is 9.29. The molecule has 0 aliphatic heterocycles. The minimum atomic E-state index is -0.550. The van der Waals surface area contributed by atoms with Crippen LogP contribution in [0.15, 0.2) is 79.0 Å². The van der Waals surface area contributed by atoms with E-state index in [1.54, 1.807) is 18.3 Å². The molecule has 0 bridgehead atoms. The fraction of sp³-hybridized carbons (Fsp3) is 0.136. The lowest BCUT2D eigenvalue weighted by Gasteiger charge is -2.10. The maximum absolute atomic E-state index is 12.6. The largest absolute Gasteiger partial charge is 0.445 e. The Labute approximate surface area is 158 Å². The lowest BCUT2D eigenvalue weighted by atomic mass is 10.0. The molecule has 1 heterocycles. The van der Waals surface area contributed by atoms with E-state index in [0.29, 0.717) is 11.3 Å². The van der Waals surface area contributed by atoms with Gasteiger partial charge in [0.25, 0.3) is 0 Å². The van der Waals surface area contributed by atoms with Crippen LogP contribution < -0.4 is 5.32 Å². The van der Waals surface area contributed by atoms with Crippen LogP contribution in [-0.2, 0) is 24.3 Å². The number of alkyl carbamates (subject to hydrolysis) is 1. The number of rotatable bonds is 7. The van der Waals surface area contributed by atoms with Crippen molar-refractivity contribution in [1.29, 1.82) is 0 Å². The number of nitrogens with one attached hydrogen (secondary N) is 1. The number of Topliss-reactive ketones (excluding diaryl/α,β-unsaturated/α-hetero) is 1. The summed E-state index contributed by atoms with van der Waals surface area (Å²) >= 11 is 0. The Balaban J connectivity index is 1.57. The number of carbonyl (C=O) groups excluding carboxylic acids is 2. The van der Waals surface area contributed by atoms with Gasteiger partial charge in [-0.05, 0) is 23.3 Å². The predicted octanol–water partition coefficient (Wildman–Crippen LogP) is 3.93. The smallest absolute Gasteiger partial charge is 0.407 e. The first-order valence-corrected chi connectivity index (χ1v) is 8.68. The Bertz CT molecular complexity index is 896. The number of hydrogen-bond donors (Lipinski definition) is 1. The number of ketones is 1. The van der Waals surface area contributed by atoms with Gasteiger partial charge < -0.3 is 10.1 Å².